The smallest absolute Gasteiger partial charge is 0.158 e. The molecule has 4 rings (SSSR count). The molecule has 0 aliphatic heterocycles. The molecule has 0 saturated carbocycles. The molecule has 3 heterocycles. The van der Waals surface area contributed by atoms with E-state index in [0.717, 1.165) is 34.3 Å². The molecule has 0 spiro atoms. The van der Waals surface area contributed by atoms with Crippen LogP contribution in [-0.2, 0) is 6.54 Å². The Bertz CT molecular complexity index is 909. The lowest BCUT2D eigenvalue weighted by Crippen LogP contribution is -1.97. The molecule has 0 fully saturated rings. The minimum absolute atomic E-state index is 0.781. The fraction of sp³-hybridized carbons (Fsp3) is 0.125. The van der Waals surface area contributed by atoms with Crippen molar-refractivity contribution >= 4 is 39.1 Å². The molecule has 0 radical (unpaired) electrons. The summed E-state index contributed by atoms with van der Waals surface area (Å²) in [4.78, 5) is 5.94. The number of thiophene rings is 1. The molecule has 0 aliphatic rings. The Kier molecular flexibility index (Phi) is 2.86. The molecule has 5 heteroatoms. The van der Waals surface area contributed by atoms with E-state index in [1.165, 1.54) is 10.4 Å². The maximum atomic E-state index is 4.65. The number of benzene rings is 1. The van der Waals surface area contributed by atoms with Gasteiger partial charge in [0.25, 0.3) is 0 Å². The average Bonchev–Trinajstić information content (AvgIpc) is 3.12. The van der Waals surface area contributed by atoms with E-state index in [-0.39, 0.29) is 0 Å². The van der Waals surface area contributed by atoms with E-state index >= 15 is 0 Å². The first kappa shape index (κ1) is 12.3. The van der Waals surface area contributed by atoms with E-state index in [0.29, 0.717) is 0 Å². The number of aromatic nitrogens is 3. The van der Waals surface area contributed by atoms with Crippen LogP contribution in [0, 0.1) is 6.92 Å². The molecule has 4 aromatic rings. The Morgan fingerprint density at radius 2 is 2.19 bits per heavy atom. The molecule has 0 atom stereocenters. The lowest BCUT2D eigenvalue weighted by molar-refractivity contribution is 1.07. The second-order valence-corrected chi connectivity index (χ2v) is 6.12. The van der Waals surface area contributed by atoms with E-state index < -0.39 is 0 Å². The Morgan fingerprint density at radius 3 is 3.05 bits per heavy atom. The van der Waals surface area contributed by atoms with Gasteiger partial charge in [0.15, 0.2) is 11.5 Å². The van der Waals surface area contributed by atoms with E-state index in [9.17, 15) is 0 Å². The van der Waals surface area contributed by atoms with Crippen molar-refractivity contribution in [3.05, 3.63) is 52.2 Å². The molecule has 3 aromatic heterocycles. The minimum Gasteiger partial charge on any atom is -0.363 e. The Hall–Kier alpha value is -2.40. The number of aryl methyl sites for hydroxylation is 1. The van der Waals surface area contributed by atoms with E-state index in [1.807, 2.05) is 0 Å². The number of nitrogens with one attached hydrogen (secondary N) is 2. The quantitative estimate of drug-likeness (QED) is 0.598. The van der Waals surface area contributed by atoms with Crippen LogP contribution in [0.2, 0.25) is 0 Å². The van der Waals surface area contributed by atoms with Gasteiger partial charge >= 0.3 is 0 Å². The van der Waals surface area contributed by atoms with Gasteiger partial charge in [-0.25, -0.2) is 4.98 Å². The third kappa shape index (κ3) is 2.25. The predicted molar refractivity (Wildman–Crippen MR) is 87.8 cm³/mol. The third-order valence-electron chi connectivity index (χ3n) is 3.51. The summed E-state index contributed by atoms with van der Waals surface area (Å²) in [6.07, 6.45) is 0. The van der Waals surface area contributed by atoms with Gasteiger partial charge in [-0.3, -0.25) is 5.10 Å². The first-order valence-electron chi connectivity index (χ1n) is 6.81. The van der Waals surface area contributed by atoms with E-state index in [2.05, 4.69) is 69.2 Å². The first-order chi connectivity index (χ1) is 10.3. The van der Waals surface area contributed by atoms with Gasteiger partial charge in [0.1, 0.15) is 0 Å². The first-order valence-corrected chi connectivity index (χ1v) is 7.69. The van der Waals surface area contributed by atoms with E-state index in [1.54, 1.807) is 11.3 Å². The van der Waals surface area contributed by atoms with Crippen molar-refractivity contribution in [2.45, 2.75) is 13.5 Å². The molecule has 0 bridgehead atoms. The number of anilines is 1. The number of fused-ring (bicyclic) bond motifs is 2. The van der Waals surface area contributed by atoms with Crippen LogP contribution in [0.25, 0.3) is 21.9 Å². The zero-order valence-corrected chi connectivity index (χ0v) is 12.4. The number of hydrogen-bond acceptors (Lipinski definition) is 4. The standard InChI is InChI=1S/C16H14N4S/c1-10-4-5-11-8-13-15(17-9-12-3-2-6-21-12)19-20-16(13)18-14(11)7-10/h2-8H,9H2,1H3,(H2,17,18,19,20). The normalized spacial score (nSPS) is 11.3. The summed E-state index contributed by atoms with van der Waals surface area (Å²) in [6.45, 7) is 2.86. The number of rotatable bonds is 3. The summed E-state index contributed by atoms with van der Waals surface area (Å²) in [6, 6.07) is 12.6. The number of nitrogens with zero attached hydrogens (tertiary/aromatic N) is 2. The zero-order chi connectivity index (χ0) is 14.2. The van der Waals surface area contributed by atoms with Crippen LogP contribution < -0.4 is 5.32 Å². The summed E-state index contributed by atoms with van der Waals surface area (Å²) in [5, 5.41) is 15.0. The summed E-state index contributed by atoms with van der Waals surface area (Å²) in [5.74, 6) is 0.855. The van der Waals surface area contributed by atoms with E-state index in [4.69, 9.17) is 0 Å². The summed E-state index contributed by atoms with van der Waals surface area (Å²) < 4.78 is 0. The van der Waals surface area contributed by atoms with Gasteiger partial charge in [0.2, 0.25) is 0 Å². The SMILES string of the molecule is Cc1ccc2cc3c(NCc4cccs4)n[nH]c3nc2c1. The number of pyridine rings is 1. The van der Waals surface area contributed by atoms with Crippen molar-refractivity contribution in [2.75, 3.05) is 5.32 Å². The van der Waals surface area contributed by atoms with Crippen molar-refractivity contribution in [1.82, 2.24) is 15.2 Å². The van der Waals surface area contributed by atoms with Crippen molar-refractivity contribution in [3.8, 4) is 0 Å². The van der Waals surface area contributed by atoms with Gasteiger partial charge < -0.3 is 5.32 Å². The maximum absolute atomic E-state index is 4.65. The van der Waals surface area contributed by atoms with Gasteiger partial charge in [0, 0.05) is 10.3 Å². The van der Waals surface area contributed by atoms with Crippen molar-refractivity contribution < 1.29 is 0 Å². The van der Waals surface area contributed by atoms with Crippen molar-refractivity contribution in [2.24, 2.45) is 0 Å². The molecular weight excluding hydrogens is 280 g/mol. The molecule has 21 heavy (non-hydrogen) atoms. The van der Waals surface area contributed by atoms with Crippen LogP contribution in [-0.4, -0.2) is 15.2 Å². The highest BCUT2D eigenvalue weighted by Crippen LogP contribution is 2.25. The highest BCUT2D eigenvalue weighted by molar-refractivity contribution is 7.09. The fourth-order valence-corrected chi connectivity index (χ4v) is 3.08. The number of H-pyrrole nitrogens is 1. The fourth-order valence-electron chi connectivity index (χ4n) is 2.43. The van der Waals surface area contributed by atoms with Crippen LogP contribution in [0.1, 0.15) is 10.4 Å². The highest BCUT2D eigenvalue weighted by Gasteiger charge is 2.08. The van der Waals surface area contributed by atoms with Crippen LogP contribution in [0.3, 0.4) is 0 Å². The third-order valence-corrected chi connectivity index (χ3v) is 4.39. The lowest BCUT2D eigenvalue weighted by Gasteiger charge is -2.02. The topological polar surface area (TPSA) is 53.6 Å². The van der Waals surface area contributed by atoms with Gasteiger partial charge in [-0.2, -0.15) is 5.10 Å². The average molecular weight is 294 g/mol. The Morgan fingerprint density at radius 1 is 1.24 bits per heavy atom. The van der Waals surface area contributed by atoms with Crippen LogP contribution in [0.15, 0.2) is 41.8 Å². The highest BCUT2D eigenvalue weighted by atomic mass is 32.1. The molecule has 0 amide bonds. The van der Waals surface area contributed by atoms with Gasteiger partial charge in [-0.15, -0.1) is 11.3 Å². The second-order valence-electron chi connectivity index (χ2n) is 5.09. The zero-order valence-electron chi connectivity index (χ0n) is 11.6. The van der Waals surface area contributed by atoms with Crippen LogP contribution in [0.4, 0.5) is 5.82 Å². The summed E-state index contributed by atoms with van der Waals surface area (Å²) in [7, 11) is 0. The maximum Gasteiger partial charge on any atom is 0.158 e. The van der Waals surface area contributed by atoms with Crippen molar-refractivity contribution in [3.63, 3.8) is 0 Å². The summed E-state index contributed by atoms with van der Waals surface area (Å²) >= 11 is 1.74. The molecule has 0 unspecified atom stereocenters. The lowest BCUT2D eigenvalue weighted by atomic mass is 10.1. The molecular formula is C16H14N4S. The predicted octanol–water partition coefficient (Wildman–Crippen LogP) is 4.09. The monoisotopic (exact) mass is 294 g/mol. The molecule has 4 nitrogen and oxygen atoms in total. The van der Waals surface area contributed by atoms with Gasteiger partial charge in [-0.1, -0.05) is 18.2 Å². The summed E-state index contributed by atoms with van der Waals surface area (Å²) in [5.41, 5.74) is 3.03. The van der Waals surface area contributed by atoms with Gasteiger partial charge in [0.05, 0.1) is 17.4 Å². The van der Waals surface area contributed by atoms with Crippen LogP contribution in [0.5, 0.6) is 0 Å². The molecule has 2 N–H and O–H groups in total. The molecule has 0 aliphatic carbocycles. The molecule has 0 saturated heterocycles. The second kappa shape index (κ2) is 4.86. The number of aromatic amines is 1. The van der Waals surface area contributed by atoms with Crippen LogP contribution >= 0.6 is 11.3 Å². The Labute approximate surface area is 125 Å². The molecule has 1 aromatic carbocycles. The minimum atomic E-state index is 0.781. The number of hydrogen-bond donors (Lipinski definition) is 2. The van der Waals surface area contributed by atoms with Crippen molar-refractivity contribution in [1.29, 1.82) is 0 Å². The molecule has 104 valence electrons. The van der Waals surface area contributed by atoms with Gasteiger partial charge in [-0.05, 0) is 36.1 Å². The largest absolute Gasteiger partial charge is 0.363 e. The Balaban J connectivity index is 1.74.